The molecule has 1 atom stereocenters. The van der Waals surface area contributed by atoms with Crippen molar-refractivity contribution in [2.75, 3.05) is 4.90 Å². The minimum absolute atomic E-state index is 0.298. The quantitative estimate of drug-likeness (QED) is 0.176. The van der Waals surface area contributed by atoms with E-state index in [-0.39, 0.29) is 6.17 Å². The van der Waals surface area contributed by atoms with Gasteiger partial charge in [-0.1, -0.05) is 188 Å². The Morgan fingerprint density at radius 2 is 0.953 bits per heavy atom. The molecule has 0 bridgehead atoms. The summed E-state index contributed by atoms with van der Waals surface area (Å²) in [6.07, 6.45) is -0.298. The van der Waals surface area contributed by atoms with Crippen molar-refractivity contribution >= 4 is 50.3 Å². The van der Waals surface area contributed by atoms with Gasteiger partial charge in [0.15, 0.2) is 5.84 Å². The molecular weight excluding hydrogens is 777 g/mol. The first-order chi connectivity index (χ1) is 31.7. The van der Waals surface area contributed by atoms with Gasteiger partial charge >= 0.3 is 0 Å². The lowest BCUT2D eigenvalue weighted by Gasteiger charge is -2.45. The molecule has 0 radical (unpaired) electrons. The minimum atomic E-state index is -0.590. The van der Waals surface area contributed by atoms with Gasteiger partial charge in [-0.3, -0.25) is 0 Å². The van der Waals surface area contributed by atoms with E-state index < -0.39 is 5.41 Å². The summed E-state index contributed by atoms with van der Waals surface area (Å²) < 4.78 is 0. The van der Waals surface area contributed by atoms with E-state index in [0.29, 0.717) is 5.84 Å². The summed E-state index contributed by atoms with van der Waals surface area (Å²) in [5.74, 6) is 1.51. The van der Waals surface area contributed by atoms with Crippen molar-refractivity contribution in [3.63, 3.8) is 0 Å². The zero-order chi connectivity index (χ0) is 42.2. The molecule has 0 fully saturated rings. The van der Waals surface area contributed by atoms with Gasteiger partial charge in [-0.05, 0) is 114 Å². The van der Waals surface area contributed by atoms with E-state index in [9.17, 15) is 0 Å². The lowest BCUT2D eigenvalue weighted by molar-refractivity contribution is 0.674. The fourth-order valence-electron chi connectivity index (χ4n) is 10.7. The summed E-state index contributed by atoms with van der Waals surface area (Å²) in [6.45, 7) is 0. The van der Waals surface area contributed by atoms with Crippen molar-refractivity contribution in [1.82, 2.24) is 5.32 Å². The van der Waals surface area contributed by atoms with E-state index in [1.54, 1.807) is 0 Å². The minimum Gasteiger partial charge on any atom is -0.344 e. The van der Waals surface area contributed by atoms with Crippen LogP contribution in [0.1, 0.15) is 45.1 Å². The van der Waals surface area contributed by atoms with Crippen LogP contribution in [0.15, 0.2) is 241 Å². The van der Waals surface area contributed by atoms with Crippen molar-refractivity contribution < 1.29 is 0 Å². The predicted octanol–water partition coefficient (Wildman–Crippen LogP) is 14.3. The SMILES string of the molecule is c1ccc(C2=NC(c3ccccc3)NC(c3ccc4c(c3)-c3cc(-c5ccc6c(ccc7ccccc76)c5)ccc3C43c4ccccc4N(c4ccccc4)c4ccccc43)=N2)cc1. The predicted molar refractivity (Wildman–Crippen MR) is 264 cm³/mol. The first kappa shape index (κ1) is 36.3. The second kappa shape index (κ2) is 14.4. The highest BCUT2D eigenvalue weighted by Gasteiger charge is 2.52. The molecule has 4 heteroatoms. The molecule has 64 heavy (non-hydrogen) atoms. The standard InChI is InChI=1S/C60H40N4/c1-4-17-40(18-5-1)57-61-58(41-19-6-2-7-20-41)63-59(62-57)45-32-35-52-50(38-45)49-37-43(42-30-33-48-44(36-42)29-28-39-16-10-11-23-47(39)48)31-34-51(49)60(52)53-24-12-14-26-55(53)64(46-21-8-3-9-22-46)56-27-15-13-25-54(56)60/h1-38,57H,(H,61,62,63). The second-order valence-corrected chi connectivity index (χ2v) is 16.9. The van der Waals surface area contributed by atoms with Crippen LogP contribution >= 0.6 is 0 Å². The van der Waals surface area contributed by atoms with Crippen LogP contribution in [0.25, 0.3) is 43.8 Å². The van der Waals surface area contributed by atoms with Gasteiger partial charge in [0.25, 0.3) is 0 Å². The van der Waals surface area contributed by atoms with Crippen LogP contribution in [0.4, 0.5) is 17.1 Å². The molecule has 1 N–H and O–H groups in total. The van der Waals surface area contributed by atoms with E-state index in [0.717, 1.165) is 28.2 Å². The number of rotatable bonds is 5. The van der Waals surface area contributed by atoms with Crippen molar-refractivity contribution in [1.29, 1.82) is 0 Å². The third-order valence-corrected chi connectivity index (χ3v) is 13.5. The highest BCUT2D eigenvalue weighted by atomic mass is 15.2. The lowest BCUT2D eigenvalue weighted by atomic mass is 9.64. The zero-order valence-electron chi connectivity index (χ0n) is 34.9. The molecule has 1 spiro atoms. The molecule has 2 heterocycles. The number of hydrogen-bond donors (Lipinski definition) is 1. The Morgan fingerprint density at radius 1 is 0.406 bits per heavy atom. The lowest BCUT2D eigenvalue weighted by Crippen LogP contribution is -2.36. The molecule has 300 valence electrons. The van der Waals surface area contributed by atoms with Gasteiger partial charge in [0, 0.05) is 16.8 Å². The van der Waals surface area contributed by atoms with Crippen LogP contribution in [-0.2, 0) is 5.41 Å². The van der Waals surface area contributed by atoms with Crippen molar-refractivity contribution in [3.8, 4) is 22.3 Å². The number of amidine groups is 2. The average molecular weight is 817 g/mol. The number of benzene rings is 10. The van der Waals surface area contributed by atoms with Crippen molar-refractivity contribution in [2.24, 2.45) is 9.98 Å². The van der Waals surface area contributed by atoms with E-state index in [4.69, 9.17) is 9.98 Å². The molecule has 2 aliphatic heterocycles. The topological polar surface area (TPSA) is 40.0 Å². The third-order valence-electron chi connectivity index (χ3n) is 13.5. The fourth-order valence-corrected chi connectivity index (χ4v) is 10.7. The number of para-hydroxylation sites is 3. The molecule has 10 aromatic rings. The average Bonchev–Trinajstić information content (AvgIpc) is 3.66. The van der Waals surface area contributed by atoms with E-state index in [2.05, 4.69) is 216 Å². The number of nitrogens with one attached hydrogen (secondary N) is 1. The normalized spacial score (nSPS) is 15.4. The summed E-state index contributed by atoms with van der Waals surface area (Å²) in [4.78, 5) is 12.9. The van der Waals surface area contributed by atoms with Crippen LogP contribution in [-0.4, -0.2) is 11.7 Å². The van der Waals surface area contributed by atoms with Gasteiger partial charge in [0.2, 0.25) is 0 Å². The summed E-state index contributed by atoms with van der Waals surface area (Å²) in [6, 6.07) is 83.8. The Kier molecular flexibility index (Phi) is 8.16. The maximum atomic E-state index is 5.26. The first-order valence-corrected chi connectivity index (χ1v) is 22.0. The van der Waals surface area contributed by atoms with Crippen LogP contribution in [0.5, 0.6) is 0 Å². The Balaban J connectivity index is 1.04. The Morgan fingerprint density at radius 3 is 1.69 bits per heavy atom. The molecule has 4 nitrogen and oxygen atoms in total. The molecule has 0 aromatic heterocycles. The largest absolute Gasteiger partial charge is 0.344 e. The van der Waals surface area contributed by atoms with Gasteiger partial charge in [-0.15, -0.1) is 0 Å². The highest BCUT2D eigenvalue weighted by molar-refractivity contribution is 6.14. The summed E-state index contributed by atoms with van der Waals surface area (Å²) >= 11 is 0. The van der Waals surface area contributed by atoms with Gasteiger partial charge in [-0.2, -0.15) is 0 Å². The van der Waals surface area contributed by atoms with E-state index in [1.165, 1.54) is 77.4 Å². The molecule has 1 unspecified atom stereocenters. The summed E-state index contributed by atoms with van der Waals surface area (Å²) in [5.41, 5.74) is 15.8. The van der Waals surface area contributed by atoms with Gasteiger partial charge in [0.05, 0.1) is 16.8 Å². The Bertz CT molecular complexity index is 3490. The van der Waals surface area contributed by atoms with Gasteiger partial charge in [0.1, 0.15) is 12.0 Å². The van der Waals surface area contributed by atoms with Crippen LogP contribution < -0.4 is 10.2 Å². The highest BCUT2D eigenvalue weighted by Crippen LogP contribution is 2.63. The van der Waals surface area contributed by atoms with Crippen molar-refractivity contribution in [2.45, 2.75) is 11.6 Å². The molecule has 3 aliphatic rings. The maximum absolute atomic E-state index is 5.26. The molecule has 10 aromatic carbocycles. The Hall–Kier alpha value is -8.34. The monoisotopic (exact) mass is 816 g/mol. The zero-order valence-corrected chi connectivity index (χ0v) is 34.9. The first-order valence-electron chi connectivity index (χ1n) is 22.0. The van der Waals surface area contributed by atoms with Gasteiger partial charge in [-0.25, -0.2) is 9.98 Å². The number of nitrogens with zero attached hydrogens (tertiary/aromatic N) is 3. The second-order valence-electron chi connectivity index (χ2n) is 16.9. The van der Waals surface area contributed by atoms with Gasteiger partial charge < -0.3 is 10.2 Å². The van der Waals surface area contributed by atoms with E-state index >= 15 is 0 Å². The summed E-state index contributed by atoms with van der Waals surface area (Å²) in [5, 5.41) is 8.78. The molecule has 0 amide bonds. The number of fused-ring (bicyclic) bond motifs is 12. The molecule has 1 aliphatic carbocycles. The number of hydrogen-bond acceptors (Lipinski definition) is 4. The molecule has 13 rings (SSSR count). The fraction of sp³-hybridized carbons (Fsp3) is 0.0333. The smallest absolute Gasteiger partial charge is 0.159 e. The third kappa shape index (κ3) is 5.49. The summed E-state index contributed by atoms with van der Waals surface area (Å²) in [7, 11) is 0. The maximum Gasteiger partial charge on any atom is 0.159 e. The number of aliphatic imine (C=N–C) groups is 2. The molecular formula is C60H40N4. The number of anilines is 3. The molecule has 0 saturated heterocycles. The van der Waals surface area contributed by atoms with Crippen molar-refractivity contribution in [3.05, 3.63) is 269 Å². The van der Waals surface area contributed by atoms with Crippen LogP contribution in [0, 0.1) is 0 Å². The Labute approximate surface area is 372 Å². The molecule has 0 saturated carbocycles. The van der Waals surface area contributed by atoms with Crippen LogP contribution in [0.2, 0.25) is 0 Å². The van der Waals surface area contributed by atoms with Crippen LogP contribution in [0.3, 0.4) is 0 Å². The van der Waals surface area contributed by atoms with E-state index in [1.807, 2.05) is 24.3 Å².